The predicted octanol–water partition coefficient (Wildman–Crippen LogP) is 2.29. The van der Waals surface area contributed by atoms with Gasteiger partial charge in [-0.15, -0.1) is 5.10 Å². The van der Waals surface area contributed by atoms with Crippen LogP contribution in [0.2, 0.25) is 0 Å². The molecular weight excluding hydrogens is 323 g/mol. The summed E-state index contributed by atoms with van der Waals surface area (Å²) in [5, 5.41) is 11.5. The van der Waals surface area contributed by atoms with Crippen molar-refractivity contribution in [2.75, 3.05) is 13.2 Å². The zero-order valence-corrected chi connectivity index (χ0v) is 13.4. The lowest BCUT2D eigenvalue weighted by Gasteiger charge is -2.38. The van der Waals surface area contributed by atoms with Crippen LogP contribution >= 0.6 is 0 Å². The first kappa shape index (κ1) is 16.8. The van der Waals surface area contributed by atoms with Gasteiger partial charge >= 0.3 is 6.18 Å². The van der Waals surface area contributed by atoms with E-state index in [0.29, 0.717) is 31.3 Å². The molecule has 1 aromatic carbocycles. The lowest BCUT2D eigenvalue weighted by atomic mass is 10.1. The molecule has 0 saturated carbocycles. The van der Waals surface area contributed by atoms with Gasteiger partial charge in [0.2, 0.25) is 0 Å². The highest BCUT2D eigenvalue weighted by molar-refractivity contribution is 5.36. The molecule has 1 saturated heterocycles. The van der Waals surface area contributed by atoms with E-state index in [0.717, 1.165) is 12.1 Å². The minimum atomic E-state index is -4.41. The first-order valence-electron chi connectivity index (χ1n) is 7.64. The van der Waals surface area contributed by atoms with Crippen molar-refractivity contribution in [3.05, 3.63) is 35.7 Å². The molecule has 0 bridgehead atoms. The Morgan fingerprint density at radius 3 is 2.58 bits per heavy atom. The fourth-order valence-electron chi connectivity index (χ4n) is 2.83. The van der Waals surface area contributed by atoms with Gasteiger partial charge in [0.1, 0.15) is 0 Å². The molecule has 3 rings (SSSR count). The second-order valence-electron chi connectivity index (χ2n) is 5.96. The quantitative estimate of drug-likeness (QED) is 0.857. The molecule has 1 aromatic heterocycles. The van der Waals surface area contributed by atoms with Crippen LogP contribution in [0.15, 0.2) is 24.3 Å². The van der Waals surface area contributed by atoms with E-state index in [9.17, 15) is 13.2 Å². The molecule has 2 atom stereocenters. The van der Waals surface area contributed by atoms with Crippen LogP contribution in [-0.4, -0.2) is 50.4 Å². The lowest BCUT2D eigenvalue weighted by molar-refractivity contribution is -0.137. The highest BCUT2D eigenvalue weighted by Crippen LogP contribution is 2.30. The molecule has 0 spiro atoms. The Balaban J connectivity index is 1.88. The largest absolute Gasteiger partial charge is 0.416 e. The summed E-state index contributed by atoms with van der Waals surface area (Å²) in [5.41, 5.74) is -0.437. The van der Waals surface area contributed by atoms with E-state index in [4.69, 9.17) is 4.74 Å². The van der Waals surface area contributed by atoms with Crippen molar-refractivity contribution in [1.82, 2.24) is 25.1 Å². The van der Waals surface area contributed by atoms with Crippen molar-refractivity contribution in [2.24, 2.45) is 0 Å². The third-order valence-corrected chi connectivity index (χ3v) is 4.13. The molecule has 1 fully saturated rings. The van der Waals surface area contributed by atoms with Gasteiger partial charge in [-0.1, -0.05) is 6.07 Å². The summed E-state index contributed by atoms with van der Waals surface area (Å²) in [7, 11) is 0. The van der Waals surface area contributed by atoms with Crippen LogP contribution in [0.4, 0.5) is 13.2 Å². The highest BCUT2D eigenvalue weighted by Gasteiger charge is 2.31. The molecule has 0 amide bonds. The number of ether oxygens (including phenoxy) is 1. The number of morpholine rings is 1. The average Bonchev–Trinajstić information content (AvgIpc) is 2.99. The third kappa shape index (κ3) is 3.41. The number of tetrazole rings is 1. The zero-order chi connectivity index (χ0) is 17.3. The third-order valence-electron chi connectivity index (χ3n) is 4.13. The number of benzene rings is 1. The minimum Gasteiger partial charge on any atom is -0.378 e. The minimum absolute atomic E-state index is 0.181. The second-order valence-corrected chi connectivity index (χ2v) is 5.96. The van der Waals surface area contributed by atoms with Gasteiger partial charge in [0, 0.05) is 12.1 Å². The lowest BCUT2D eigenvalue weighted by Crippen LogP contribution is -2.49. The Kier molecular flexibility index (Phi) is 4.55. The molecule has 2 unspecified atom stereocenters. The van der Waals surface area contributed by atoms with Gasteiger partial charge in [0.15, 0.2) is 5.82 Å². The molecule has 2 aromatic rings. The van der Waals surface area contributed by atoms with E-state index in [2.05, 4.69) is 20.4 Å². The van der Waals surface area contributed by atoms with Crippen LogP contribution in [0, 0.1) is 0 Å². The van der Waals surface area contributed by atoms with Gasteiger partial charge in [-0.05, 0) is 42.5 Å². The smallest absolute Gasteiger partial charge is 0.378 e. The zero-order valence-electron chi connectivity index (χ0n) is 13.4. The molecule has 24 heavy (non-hydrogen) atoms. The molecule has 9 heteroatoms. The van der Waals surface area contributed by atoms with Crippen molar-refractivity contribution in [1.29, 1.82) is 0 Å². The molecule has 0 radical (unpaired) electrons. The van der Waals surface area contributed by atoms with Crippen molar-refractivity contribution < 1.29 is 17.9 Å². The summed E-state index contributed by atoms with van der Waals surface area (Å²) in [6.45, 7) is 5.72. The predicted molar refractivity (Wildman–Crippen MR) is 79.4 cm³/mol. The van der Waals surface area contributed by atoms with E-state index < -0.39 is 11.7 Å². The Bertz CT molecular complexity index is 692. The summed E-state index contributed by atoms with van der Waals surface area (Å²) in [5.74, 6) is 0.495. The molecule has 1 aliphatic rings. The second kappa shape index (κ2) is 6.48. The summed E-state index contributed by atoms with van der Waals surface area (Å²) in [6.07, 6.45) is -4.41. The number of hydrogen-bond acceptors (Lipinski definition) is 5. The van der Waals surface area contributed by atoms with Crippen LogP contribution in [0.25, 0.3) is 5.69 Å². The Hall–Kier alpha value is -2.00. The van der Waals surface area contributed by atoms with Crippen LogP contribution < -0.4 is 0 Å². The van der Waals surface area contributed by atoms with Crippen molar-refractivity contribution in [3.8, 4) is 5.69 Å². The number of rotatable bonds is 3. The van der Waals surface area contributed by atoms with E-state index in [1.807, 2.05) is 13.8 Å². The van der Waals surface area contributed by atoms with Gasteiger partial charge in [0.05, 0.1) is 31.0 Å². The Morgan fingerprint density at radius 1 is 1.21 bits per heavy atom. The molecule has 2 heterocycles. The van der Waals surface area contributed by atoms with Crippen molar-refractivity contribution in [2.45, 2.75) is 38.7 Å². The maximum Gasteiger partial charge on any atom is 0.416 e. The molecule has 0 aliphatic carbocycles. The summed E-state index contributed by atoms with van der Waals surface area (Å²) in [6, 6.07) is 5.34. The molecular formula is C15H18F3N5O. The number of alkyl halides is 3. The summed E-state index contributed by atoms with van der Waals surface area (Å²) >= 11 is 0. The molecule has 1 aliphatic heterocycles. The molecule has 0 N–H and O–H groups in total. The normalized spacial score (nSPS) is 22.7. The number of nitrogens with zero attached hydrogens (tertiary/aromatic N) is 5. The van der Waals surface area contributed by atoms with E-state index in [1.54, 1.807) is 6.07 Å². The fraction of sp³-hybridized carbons (Fsp3) is 0.533. The van der Waals surface area contributed by atoms with Gasteiger partial charge in [0.25, 0.3) is 0 Å². The standard InChI is InChI=1S/C15H18F3N5O/c1-10-8-24-9-11(2)22(10)7-14-19-20-21-23(14)13-5-3-4-12(6-13)15(16,17)18/h3-6,10-11H,7-9H2,1-2H3. The monoisotopic (exact) mass is 341 g/mol. The average molecular weight is 341 g/mol. The van der Waals surface area contributed by atoms with E-state index in [1.165, 1.54) is 10.7 Å². The fourth-order valence-corrected chi connectivity index (χ4v) is 2.83. The first-order valence-corrected chi connectivity index (χ1v) is 7.64. The molecule has 130 valence electrons. The summed E-state index contributed by atoms with van der Waals surface area (Å²) < 4.78 is 45.5. The Morgan fingerprint density at radius 2 is 1.92 bits per heavy atom. The van der Waals surface area contributed by atoms with Crippen LogP contribution in [-0.2, 0) is 17.5 Å². The van der Waals surface area contributed by atoms with Gasteiger partial charge in [-0.2, -0.15) is 17.9 Å². The maximum absolute atomic E-state index is 12.9. The Labute approximate surface area is 137 Å². The topological polar surface area (TPSA) is 56.1 Å². The van der Waals surface area contributed by atoms with E-state index >= 15 is 0 Å². The highest BCUT2D eigenvalue weighted by atomic mass is 19.4. The molecule has 6 nitrogen and oxygen atoms in total. The number of hydrogen-bond donors (Lipinski definition) is 0. The van der Waals surface area contributed by atoms with E-state index in [-0.39, 0.29) is 12.1 Å². The summed E-state index contributed by atoms with van der Waals surface area (Å²) in [4.78, 5) is 2.18. The van der Waals surface area contributed by atoms with Crippen LogP contribution in [0.1, 0.15) is 25.2 Å². The first-order chi connectivity index (χ1) is 11.4. The van der Waals surface area contributed by atoms with Gasteiger partial charge < -0.3 is 4.74 Å². The van der Waals surface area contributed by atoms with Gasteiger partial charge in [-0.3, -0.25) is 4.90 Å². The number of aromatic nitrogens is 4. The van der Waals surface area contributed by atoms with Gasteiger partial charge in [-0.25, -0.2) is 0 Å². The van der Waals surface area contributed by atoms with Crippen molar-refractivity contribution in [3.63, 3.8) is 0 Å². The van der Waals surface area contributed by atoms with Crippen LogP contribution in [0.3, 0.4) is 0 Å². The SMILES string of the molecule is CC1COCC(C)N1Cc1nnnn1-c1cccc(C(F)(F)F)c1. The van der Waals surface area contributed by atoms with Crippen molar-refractivity contribution >= 4 is 0 Å². The number of halogens is 3. The van der Waals surface area contributed by atoms with Crippen LogP contribution in [0.5, 0.6) is 0 Å². The maximum atomic E-state index is 12.9.